The van der Waals surface area contributed by atoms with Gasteiger partial charge in [-0.15, -0.1) is 10.2 Å². The van der Waals surface area contributed by atoms with Gasteiger partial charge in [-0.1, -0.05) is 19.1 Å². The van der Waals surface area contributed by atoms with Crippen molar-refractivity contribution >= 4 is 16.8 Å². The summed E-state index contributed by atoms with van der Waals surface area (Å²) >= 11 is 0. The van der Waals surface area contributed by atoms with E-state index in [2.05, 4.69) is 15.2 Å². The zero-order chi connectivity index (χ0) is 19.3. The smallest absolute Gasteiger partial charge is 0.329 e. The Hall–Kier alpha value is -3.17. The Morgan fingerprint density at radius 2 is 1.78 bits per heavy atom. The average molecular weight is 376 g/mol. The number of hydrogen-bond donors (Lipinski definition) is 0. The predicted octanol–water partition coefficient (Wildman–Crippen LogP) is 2.87. The summed E-state index contributed by atoms with van der Waals surface area (Å²) < 4.78 is 43.0. The first-order chi connectivity index (χ1) is 12.8. The van der Waals surface area contributed by atoms with E-state index in [1.54, 1.807) is 17.9 Å². The number of imidazole rings is 1. The van der Waals surface area contributed by atoms with Gasteiger partial charge < -0.3 is 4.57 Å². The van der Waals surface area contributed by atoms with Crippen molar-refractivity contribution in [1.29, 1.82) is 0 Å². The van der Waals surface area contributed by atoms with Crippen molar-refractivity contribution in [2.75, 3.05) is 0 Å². The number of aromatic nitrogens is 6. The van der Waals surface area contributed by atoms with Gasteiger partial charge in [-0.05, 0) is 18.6 Å². The second kappa shape index (κ2) is 5.93. The van der Waals surface area contributed by atoms with Crippen LogP contribution >= 0.6 is 0 Å². The summed E-state index contributed by atoms with van der Waals surface area (Å²) in [5.74, 6) is 0.191. The normalized spacial score (nSPS) is 12.3. The molecule has 0 unspecified atom stereocenters. The Kier molecular flexibility index (Phi) is 3.79. The molecule has 27 heavy (non-hydrogen) atoms. The maximum atomic E-state index is 13.0. The standard InChI is InChI=1S/C17H15F3N6O/c1-3-8-25-14-12(24(2)9-21-14)15-23-22-13(26(15)16(25)27)10-4-6-11(7-5-10)17(18,19)20/h4-7,9H,3,8H2,1-2H3. The van der Waals surface area contributed by atoms with Crippen LogP contribution in [0, 0.1) is 0 Å². The van der Waals surface area contributed by atoms with Crippen molar-refractivity contribution in [3.05, 3.63) is 46.6 Å². The van der Waals surface area contributed by atoms with E-state index in [0.29, 0.717) is 28.9 Å². The highest BCUT2D eigenvalue weighted by atomic mass is 19.4. The summed E-state index contributed by atoms with van der Waals surface area (Å²) in [6.45, 7) is 2.39. The van der Waals surface area contributed by atoms with Gasteiger partial charge in [0.05, 0.1) is 11.9 Å². The number of hydrogen-bond acceptors (Lipinski definition) is 4. The Morgan fingerprint density at radius 3 is 2.41 bits per heavy atom. The molecular weight excluding hydrogens is 361 g/mol. The van der Waals surface area contributed by atoms with Crippen LogP contribution in [0.2, 0.25) is 0 Å². The van der Waals surface area contributed by atoms with E-state index in [4.69, 9.17) is 0 Å². The minimum Gasteiger partial charge on any atom is -0.329 e. The van der Waals surface area contributed by atoms with Crippen LogP contribution in [0.25, 0.3) is 28.2 Å². The third-order valence-corrected chi connectivity index (χ3v) is 4.39. The number of nitrogens with zero attached hydrogens (tertiary/aromatic N) is 6. The van der Waals surface area contributed by atoms with Crippen molar-refractivity contribution in [3.8, 4) is 11.4 Å². The summed E-state index contributed by atoms with van der Waals surface area (Å²) in [5, 5.41) is 8.17. The largest absolute Gasteiger partial charge is 0.416 e. The van der Waals surface area contributed by atoms with Gasteiger partial charge in [0.15, 0.2) is 17.1 Å². The first kappa shape index (κ1) is 17.3. The van der Waals surface area contributed by atoms with E-state index in [-0.39, 0.29) is 11.5 Å². The molecule has 0 spiro atoms. The van der Waals surface area contributed by atoms with Crippen LogP contribution in [0.15, 0.2) is 35.4 Å². The molecule has 0 aliphatic rings. The molecule has 0 amide bonds. The Bertz CT molecular complexity index is 1200. The molecule has 0 aliphatic heterocycles. The summed E-state index contributed by atoms with van der Waals surface area (Å²) in [7, 11) is 1.78. The second-order valence-electron chi connectivity index (χ2n) is 6.22. The minimum atomic E-state index is -4.43. The highest BCUT2D eigenvalue weighted by Gasteiger charge is 2.30. The Morgan fingerprint density at radius 1 is 1.07 bits per heavy atom. The molecule has 10 heteroatoms. The molecule has 0 fully saturated rings. The Balaban J connectivity index is 2.01. The lowest BCUT2D eigenvalue weighted by Gasteiger charge is -2.09. The number of alkyl halides is 3. The second-order valence-corrected chi connectivity index (χ2v) is 6.22. The van der Waals surface area contributed by atoms with Crippen LogP contribution in [0.5, 0.6) is 0 Å². The third kappa shape index (κ3) is 2.59. The van der Waals surface area contributed by atoms with Crippen LogP contribution in [0.3, 0.4) is 0 Å². The van der Waals surface area contributed by atoms with Gasteiger partial charge in [0.1, 0.15) is 5.52 Å². The van der Waals surface area contributed by atoms with Crippen molar-refractivity contribution in [2.45, 2.75) is 26.1 Å². The maximum Gasteiger partial charge on any atom is 0.416 e. The number of halogens is 3. The lowest BCUT2D eigenvalue weighted by Crippen LogP contribution is -2.28. The lowest BCUT2D eigenvalue weighted by molar-refractivity contribution is -0.137. The molecule has 0 saturated heterocycles. The molecular formula is C17H15F3N6O. The molecule has 0 atom stereocenters. The highest BCUT2D eigenvalue weighted by Crippen LogP contribution is 2.30. The molecule has 0 bridgehead atoms. The predicted molar refractivity (Wildman–Crippen MR) is 92.2 cm³/mol. The van der Waals surface area contributed by atoms with Gasteiger partial charge in [0.25, 0.3) is 0 Å². The lowest BCUT2D eigenvalue weighted by atomic mass is 10.1. The molecule has 0 radical (unpaired) electrons. The molecule has 7 nitrogen and oxygen atoms in total. The van der Waals surface area contributed by atoms with Crippen molar-refractivity contribution < 1.29 is 13.2 Å². The number of fused-ring (bicyclic) bond motifs is 3. The molecule has 3 heterocycles. The van der Waals surface area contributed by atoms with Crippen LogP contribution in [-0.2, 0) is 19.8 Å². The van der Waals surface area contributed by atoms with E-state index in [1.807, 2.05) is 6.92 Å². The fourth-order valence-corrected chi connectivity index (χ4v) is 3.12. The summed E-state index contributed by atoms with van der Waals surface area (Å²) in [6, 6.07) is 4.50. The fourth-order valence-electron chi connectivity index (χ4n) is 3.12. The fraction of sp³-hybridized carbons (Fsp3) is 0.294. The molecule has 4 rings (SSSR count). The highest BCUT2D eigenvalue weighted by molar-refractivity contribution is 5.86. The molecule has 4 aromatic rings. The molecule has 0 aliphatic carbocycles. The minimum absolute atomic E-state index is 0.191. The van der Waals surface area contributed by atoms with E-state index < -0.39 is 11.7 Å². The molecule has 140 valence electrons. The van der Waals surface area contributed by atoms with Crippen LogP contribution in [0.1, 0.15) is 18.9 Å². The summed E-state index contributed by atoms with van der Waals surface area (Å²) in [5.41, 5.74) is 0.682. The van der Waals surface area contributed by atoms with Crippen molar-refractivity contribution in [3.63, 3.8) is 0 Å². The van der Waals surface area contributed by atoms with Gasteiger partial charge >= 0.3 is 11.9 Å². The first-order valence-corrected chi connectivity index (χ1v) is 8.29. The third-order valence-electron chi connectivity index (χ3n) is 4.39. The Labute approximate surface area is 150 Å². The maximum absolute atomic E-state index is 13.0. The molecule has 0 N–H and O–H groups in total. The zero-order valence-electron chi connectivity index (χ0n) is 14.5. The number of aryl methyl sites for hydroxylation is 2. The summed E-state index contributed by atoms with van der Waals surface area (Å²) in [4.78, 5) is 17.3. The topological polar surface area (TPSA) is 70.0 Å². The number of benzene rings is 1. The van der Waals surface area contributed by atoms with Crippen molar-refractivity contribution in [1.82, 2.24) is 28.7 Å². The van der Waals surface area contributed by atoms with E-state index in [1.165, 1.54) is 21.1 Å². The van der Waals surface area contributed by atoms with Gasteiger partial charge in [0, 0.05) is 19.2 Å². The molecule has 3 aromatic heterocycles. The van der Waals surface area contributed by atoms with Gasteiger partial charge in [-0.25, -0.2) is 14.2 Å². The van der Waals surface area contributed by atoms with E-state index in [0.717, 1.165) is 18.6 Å². The SMILES string of the molecule is CCCn1c(=O)n2c(-c3ccc(C(F)(F)F)cc3)nnc2c2c1ncn2C. The zero-order valence-corrected chi connectivity index (χ0v) is 14.5. The van der Waals surface area contributed by atoms with Crippen LogP contribution in [0.4, 0.5) is 13.2 Å². The molecule has 1 aromatic carbocycles. The van der Waals surface area contributed by atoms with Crippen molar-refractivity contribution in [2.24, 2.45) is 7.05 Å². The first-order valence-electron chi connectivity index (χ1n) is 8.29. The van der Waals surface area contributed by atoms with E-state index in [9.17, 15) is 18.0 Å². The van der Waals surface area contributed by atoms with Crippen LogP contribution < -0.4 is 5.69 Å². The summed E-state index contributed by atoms with van der Waals surface area (Å²) in [6.07, 6.45) is -2.13. The molecule has 0 saturated carbocycles. The van der Waals surface area contributed by atoms with E-state index >= 15 is 0 Å². The van der Waals surface area contributed by atoms with Gasteiger partial charge in [0.2, 0.25) is 0 Å². The van der Waals surface area contributed by atoms with Gasteiger partial charge in [-0.2, -0.15) is 13.2 Å². The van der Waals surface area contributed by atoms with Crippen LogP contribution in [-0.4, -0.2) is 28.7 Å². The average Bonchev–Trinajstić information content (AvgIpc) is 3.22. The quantitative estimate of drug-likeness (QED) is 0.551. The monoisotopic (exact) mass is 376 g/mol. The number of rotatable bonds is 3. The van der Waals surface area contributed by atoms with Gasteiger partial charge in [-0.3, -0.25) is 4.57 Å².